The third-order valence-corrected chi connectivity index (χ3v) is 4.98. The molecular weight excluding hydrogens is 342 g/mol. The minimum absolute atomic E-state index is 0.778. The lowest BCUT2D eigenvalue weighted by Gasteiger charge is -2.37. The summed E-state index contributed by atoms with van der Waals surface area (Å²) in [5, 5.41) is 7.48. The molecule has 2 aliphatic heterocycles. The van der Waals surface area contributed by atoms with Crippen molar-refractivity contribution in [2.24, 2.45) is 4.99 Å². The molecule has 1 fully saturated rings. The third-order valence-electron chi connectivity index (χ3n) is 4.61. The average Bonchev–Trinajstić information content (AvgIpc) is 3.09. The van der Waals surface area contributed by atoms with Crippen molar-refractivity contribution in [1.29, 1.82) is 0 Å². The molecule has 26 heavy (non-hydrogen) atoms. The van der Waals surface area contributed by atoms with Gasteiger partial charge in [-0.05, 0) is 43.6 Å². The highest BCUT2D eigenvalue weighted by molar-refractivity contribution is 7.80. The van der Waals surface area contributed by atoms with Crippen LogP contribution in [0.5, 0.6) is 0 Å². The zero-order valence-corrected chi connectivity index (χ0v) is 15.9. The van der Waals surface area contributed by atoms with E-state index >= 15 is 0 Å². The van der Waals surface area contributed by atoms with Crippen LogP contribution in [0.4, 0.5) is 5.69 Å². The Labute approximate surface area is 160 Å². The topological polar surface area (TPSA) is 42.9 Å². The van der Waals surface area contributed by atoms with Crippen molar-refractivity contribution in [3.63, 3.8) is 0 Å². The lowest BCUT2D eigenvalue weighted by molar-refractivity contribution is 0.226. The van der Waals surface area contributed by atoms with Gasteiger partial charge >= 0.3 is 0 Å². The molecular formula is C20H25N5S. The van der Waals surface area contributed by atoms with E-state index < -0.39 is 0 Å². The van der Waals surface area contributed by atoms with Crippen LogP contribution < -0.4 is 10.6 Å². The molecule has 1 saturated heterocycles. The monoisotopic (exact) mass is 367 g/mol. The number of nitrogens with zero attached hydrogens (tertiary/aromatic N) is 3. The number of rotatable bonds is 4. The van der Waals surface area contributed by atoms with Crippen LogP contribution in [0.3, 0.4) is 0 Å². The second-order valence-electron chi connectivity index (χ2n) is 6.23. The Hall–Kier alpha value is -2.60. The van der Waals surface area contributed by atoms with E-state index in [1.807, 2.05) is 25.3 Å². The summed E-state index contributed by atoms with van der Waals surface area (Å²) in [6, 6.07) is 8.34. The van der Waals surface area contributed by atoms with E-state index in [4.69, 9.17) is 12.2 Å². The van der Waals surface area contributed by atoms with Crippen molar-refractivity contribution in [3.8, 4) is 0 Å². The molecule has 0 spiro atoms. The first kappa shape index (κ1) is 18.2. The molecule has 0 atom stereocenters. The van der Waals surface area contributed by atoms with Crippen molar-refractivity contribution >= 4 is 35.3 Å². The van der Waals surface area contributed by atoms with Crippen molar-refractivity contribution in [2.45, 2.75) is 6.92 Å². The number of thiocarbonyl (C=S) groups is 1. The number of nitrogens with one attached hydrogen (secondary N) is 2. The van der Waals surface area contributed by atoms with Crippen LogP contribution in [0.25, 0.3) is 5.57 Å². The largest absolute Gasteiger partial charge is 0.380 e. The van der Waals surface area contributed by atoms with Crippen LogP contribution in [0.2, 0.25) is 0 Å². The maximum Gasteiger partial charge on any atom is 0.173 e. The molecule has 0 unspecified atom stereocenters. The summed E-state index contributed by atoms with van der Waals surface area (Å²) in [5.41, 5.74) is 4.75. The van der Waals surface area contributed by atoms with E-state index in [1.54, 1.807) is 6.20 Å². The van der Waals surface area contributed by atoms with Gasteiger partial charge in [0.05, 0.1) is 5.70 Å². The van der Waals surface area contributed by atoms with Crippen LogP contribution in [0.15, 0.2) is 59.5 Å². The van der Waals surface area contributed by atoms with Gasteiger partial charge in [-0.25, -0.2) is 0 Å². The summed E-state index contributed by atoms with van der Waals surface area (Å²) in [4.78, 5) is 8.43. The summed E-state index contributed by atoms with van der Waals surface area (Å²) in [6.07, 6.45) is 7.92. The van der Waals surface area contributed by atoms with E-state index in [2.05, 4.69) is 56.4 Å². The fraction of sp³-hybridized carbons (Fsp3) is 0.300. The summed E-state index contributed by atoms with van der Waals surface area (Å²) < 4.78 is 0. The van der Waals surface area contributed by atoms with Crippen LogP contribution in [0.1, 0.15) is 12.5 Å². The van der Waals surface area contributed by atoms with Crippen LogP contribution in [-0.2, 0) is 0 Å². The Morgan fingerprint density at radius 1 is 1.23 bits per heavy atom. The van der Waals surface area contributed by atoms with E-state index in [0.29, 0.717) is 0 Å². The molecule has 0 aliphatic carbocycles. The first-order chi connectivity index (χ1) is 12.7. The predicted octanol–water partition coefficient (Wildman–Crippen LogP) is 3.06. The number of para-hydroxylation sites is 1. The zero-order chi connectivity index (χ0) is 18.4. The van der Waals surface area contributed by atoms with Gasteiger partial charge < -0.3 is 20.4 Å². The molecule has 0 radical (unpaired) electrons. The average molecular weight is 368 g/mol. The molecule has 6 heteroatoms. The van der Waals surface area contributed by atoms with Gasteiger partial charge in [-0.1, -0.05) is 24.3 Å². The number of piperazine rings is 1. The molecule has 0 bridgehead atoms. The highest BCUT2D eigenvalue weighted by atomic mass is 32.1. The molecule has 0 aromatic heterocycles. The van der Waals surface area contributed by atoms with Gasteiger partial charge in [-0.2, -0.15) is 0 Å². The van der Waals surface area contributed by atoms with Gasteiger partial charge in [0.1, 0.15) is 0 Å². The summed E-state index contributed by atoms with van der Waals surface area (Å²) >= 11 is 5.59. The Balaban J connectivity index is 1.56. The van der Waals surface area contributed by atoms with Crippen molar-refractivity contribution < 1.29 is 0 Å². The van der Waals surface area contributed by atoms with Gasteiger partial charge in [-0.15, -0.1) is 0 Å². The second kappa shape index (κ2) is 8.67. The Kier molecular flexibility index (Phi) is 6.07. The number of hydrogen-bond acceptors (Lipinski definition) is 4. The van der Waals surface area contributed by atoms with Crippen molar-refractivity contribution in [3.05, 3.63) is 60.1 Å². The molecule has 5 nitrogen and oxygen atoms in total. The summed E-state index contributed by atoms with van der Waals surface area (Å²) in [5.74, 6) is 0. The van der Waals surface area contributed by atoms with Gasteiger partial charge in [-0.3, -0.25) is 4.99 Å². The molecule has 2 aliphatic rings. The number of fused-ring (bicyclic) bond motifs is 1. The van der Waals surface area contributed by atoms with E-state index in [9.17, 15) is 0 Å². The smallest absolute Gasteiger partial charge is 0.173 e. The normalized spacial score (nSPS) is 18.8. The maximum absolute atomic E-state index is 5.59. The molecule has 1 aromatic rings. The minimum atomic E-state index is 0.778. The minimum Gasteiger partial charge on any atom is -0.380 e. The van der Waals surface area contributed by atoms with Gasteiger partial charge in [0.25, 0.3) is 0 Å². The molecule has 0 amide bonds. The number of benzene rings is 1. The molecule has 136 valence electrons. The number of anilines is 1. The number of hydrogen-bond donors (Lipinski definition) is 2. The van der Waals surface area contributed by atoms with Gasteiger partial charge in [0, 0.05) is 56.4 Å². The molecule has 2 N–H and O–H groups in total. The van der Waals surface area contributed by atoms with Gasteiger partial charge in [0.2, 0.25) is 0 Å². The molecule has 2 heterocycles. The first-order valence-electron chi connectivity index (χ1n) is 8.84. The van der Waals surface area contributed by atoms with E-state index in [1.165, 1.54) is 16.8 Å². The highest BCUT2D eigenvalue weighted by Gasteiger charge is 2.20. The molecule has 1 aromatic carbocycles. The lowest BCUT2D eigenvalue weighted by atomic mass is 10.1. The fourth-order valence-corrected chi connectivity index (χ4v) is 3.48. The third kappa shape index (κ3) is 4.14. The summed E-state index contributed by atoms with van der Waals surface area (Å²) in [6.45, 7) is 9.99. The fourth-order valence-electron chi connectivity index (χ4n) is 3.23. The number of allylic oxidation sites excluding steroid dienone is 2. The lowest BCUT2D eigenvalue weighted by Crippen LogP contribution is -2.50. The Morgan fingerprint density at radius 3 is 2.69 bits per heavy atom. The highest BCUT2D eigenvalue weighted by Crippen LogP contribution is 2.29. The van der Waals surface area contributed by atoms with Crippen molar-refractivity contribution in [1.82, 2.24) is 15.1 Å². The second-order valence-corrected chi connectivity index (χ2v) is 6.62. The Bertz CT molecular complexity index is 757. The van der Waals surface area contributed by atoms with Crippen LogP contribution in [-0.4, -0.2) is 54.4 Å². The zero-order valence-electron chi connectivity index (χ0n) is 15.1. The molecule has 0 saturated carbocycles. The summed E-state index contributed by atoms with van der Waals surface area (Å²) in [7, 11) is 0. The predicted molar refractivity (Wildman–Crippen MR) is 114 cm³/mol. The van der Waals surface area contributed by atoms with Crippen LogP contribution >= 0.6 is 12.2 Å². The standard InChI is InChI=1S/C20H25N5S/c1-3-6-17(15-21-2)24-9-11-25(12-10-24)20(26)23-14-16-13-22-19-8-5-4-7-18(16)19/h3-8,14-15,22H,2,9-13H2,1H3,(H,23,26)/b6-3-,16-14-,17-15+. The SMILES string of the molecule is C=N/C=C(\C=C/C)N1CCN(C(=S)N/C=C2/CNc3ccccc32)CC1. The van der Waals surface area contributed by atoms with E-state index in [0.717, 1.165) is 43.5 Å². The number of aliphatic imine (C=N–C) groups is 1. The van der Waals surface area contributed by atoms with Crippen molar-refractivity contribution in [2.75, 3.05) is 38.0 Å². The van der Waals surface area contributed by atoms with Crippen LogP contribution in [0, 0.1) is 0 Å². The van der Waals surface area contributed by atoms with E-state index in [-0.39, 0.29) is 0 Å². The quantitative estimate of drug-likeness (QED) is 0.486. The Morgan fingerprint density at radius 2 is 1.96 bits per heavy atom. The first-order valence-corrected chi connectivity index (χ1v) is 9.25. The maximum atomic E-state index is 5.59. The molecule has 3 rings (SSSR count). The van der Waals surface area contributed by atoms with Gasteiger partial charge in [0.15, 0.2) is 5.11 Å².